The molecular formula is C15H19N5O. The number of anilines is 2. The van der Waals surface area contributed by atoms with Crippen molar-refractivity contribution in [2.24, 2.45) is 0 Å². The summed E-state index contributed by atoms with van der Waals surface area (Å²) in [5.74, 6) is 0.875. The van der Waals surface area contributed by atoms with Gasteiger partial charge >= 0.3 is 0 Å². The van der Waals surface area contributed by atoms with E-state index in [1.165, 1.54) is 12.8 Å². The normalized spacial score (nSPS) is 16.0. The Balaban J connectivity index is 1.63. The predicted molar refractivity (Wildman–Crippen MR) is 81.3 cm³/mol. The molecule has 6 nitrogen and oxygen atoms in total. The van der Waals surface area contributed by atoms with Gasteiger partial charge in [-0.15, -0.1) is 0 Å². The Morgan fingerprint density at radius 2 is 2.14 bits per heavy atom. The molecule has 0 bridgehead atoms. The van der Waals surface area contributed by atoms with Gasteiger partial charge in [-0.2, -0.15) is 5.10 Å². The molecule has 2 aromatic rings. The molecule has 1 aliphatic rings. The number of pyridine rings is 1. The maximum Gasteiger partial charge on any atom is 0.248 e. The maximum atomic E-state index is 12.1. The van der Waals surface area contributed by atoms with Crippen LogP contribution >= 0.6 is 0 Å². The van der Waals surface area contributed by atoms with Crippen LogP contribution in [0.25, 0.3) is 0 Å². The van der Waals surface area contributed by atoms with Gasteiger partial charge in [0.25, 0.3) is 0 Å². The van der Waals surface area contributed by atoms with E-state index in [2.05, 4.69) is 20.3 Å². The van der Waals surface area contributed by atoms with Crippen LogP contribution in [0.15, 0.2) is 36.8 Å². The zero-order chi connectivity index (χ0) is 14.7. The van der Waals surface area contributed by atoms with Crippen molar-refractivity contribution in [3.8, 4) is 0 Å². The fraction of sp³-hybridized carbons (Fsp3) is 0.400. The van der Waals surface area contributed by atoms with Crippen molar-refractivity contribution < 1.29 is 4.79 Å². The Bertz CT molecular complexity index is 587. The molecule has 0 aromatic carbocycles. The highest BCUT2D eigenvalue weighted by atomic mass is 16.2. The highest BCUT2D eigenvalue weighted by Gasteiger charge is 2.16. The van der Waals surface area contributed by atoms with Crippen molar-refractivity contribution in [1.29, 1.82) is 0 Å². The van der Waals surface area contributed by atoms with Gasteiger partial charge in [-0.1, -0.05) is 0 Å². The first-order valence-electron chi connectivity index (χ1n) is 7.25. The summed E-state index contributed by atoms with van der Waals surface area (Å²) in [5.41, 5.74) is 0.710. The van der Waals surface area contributed by atoms with Crippen LogP contribution in [0, 0.1) is 0 Å². The van der Waals surface area contributed by atoms with E-state index in [9.17, 15) is 4.79 Å². The Morgan fingerprint density at radius 3 is 2.76 bits per heavy atom. The van der Waals surface area contributed by atoms with Crippen LogP contribution in [-0.4, -0.2) is 33.8 Å². The molecule has 0 aliphatic carbocycles. The van der Waals surface area contributed by atoms with Crippen LogP contribution < -0.4 is 10.2 Å². The smallest absolute Gasteiger partial charge is 0.248 e. The topological polar surface area (TPSA) is 63.1 Å². The molecule has 1 fully saturated rings. The second-order valence-corrected chi connectivity index (χ2v) is 5.25. The van der Waals surface area contributed by atoms with Gasteiger partial charge in [-0.25, -0.2) is 4.98 Å². The Hall–Kier alpha value is -2.37. The summed E-state index contributed by atoms with van der Waals surface area (Å²) in [6.45, 7) is 3.94. The van der Waals surface area contributed by atoms with Crippen molar-refractivity contribution in [2.75, 3.05) is 23.3 Å². The first-order valence-corrected chi connectivity index (χ1v) is 7.25. The van der Waals surface area contributed by atoms with Gasteiger partial charge in [0.1, 0.15) is 11.9 Å². The summed E-state index contributed by atoms with van der Waals surface area (Å²) in [6.07, 6.45) is 7.60. The van der Waals surface area contributed by atoms with E-state index in [-0.39, 0.29) is 11.9 Å². The average molecular weight is 285 g/mol. The number of carbonyl (C=O) groups excluding carboxylic acids is 1. The first-order chi connectivity index (χ1) is 10.2. The summed E-state index contributed by atoms with van der Waals surface area (Å²) in [6, 6.07) is 5.31. The number of carbonyl (C=O) groups is 1. The lowest BCUT2D eigenvalue weighted by atomic mass is 10.3. The third-order valence-corrected chi connectivity index (χ3v) is 3.75. The number of amides is 1. The van der Waals surface area contributed by atoms with Crippen molar-refractivity contribution >= 4 is 17.4 Å². The van der Waals surface area contributed by atoms with Crippen molar-refractivity contribution in [3.63, 3.8) is 0 Å². The molecule has 1 unspecified atom stereocenters. The van der Waals surface area contributed by atoms with Gasteiger partial charge < -0.3 is 10.2 Å². The summed E-state index contributed by atoms with van der Waals surface area (Å²) in [5, 5.41) is 6.95. The third-order valence-electron chi connectivity index (χ3n) is 3.75. The molecule has 0 radical (unpaired) electrons. The highest BCUT2D eigenvalue weighted by Crippen LogP contribution is 2.19. The molecule has 1 saturated heterocycles. The Morgan fingerprint density at radius 1 is 1.33 bits per heavy atom. The first kappa shape index (κ1) is 13.6. The zero-order valence-corrected chi connectivity index (χ0v) is 12.1. The van der Waals surface area contributed by atoms with Gasteiger partial charge in [0.15, 0.2) is 0 Å². The largest absolute Gasteiger partial charge is 0.357 e. The molecule has 110 valence electrons. The van der Waals surface area contributed by atoms with E-state index in [1.54, 1.807) is 29.3 Å². The van der Waals surface area contributed by atoms with E-state index in [4.69, 9.17) is 0 Å². The van der Waals surface area contributed by atoms with E-state index in [1.807, 2.05) is 19.1 Å². The molecular weight excluding hydrogens is 266 g/mol. The van der Waals surface area contributed by atoms with E-state index < -0.39 is 0 Å². The van der Waals surface area contributed by atoms with Crippen LogP contribution in [0.5, 0.6) is 0 Å². The minimum absolute atomic E-state index is 0.102. The van der Waals surface area contributed by atoms with Crippen molar-refractivity contribution in [1.82, 2.24) is 14.8 Å². The Labute approximate surface area is 123 Å². The number of rotatable bonds is 4. The molecule has 3 heterocycles. The number of hydrogen-bond donors (Lipinski definition) is 1. The number of aromatic nitrogens is 3. The molecule has 2 aromatic heterocycles. The summed E-state index contributed by atoms with van der Waals surface area (Å²) in [7, 11) is 0. The highest BCUT2D eigenvalue weighted by molar-refractivity contribution is 5.93. The molecule has 0 saturated carbocycles. The lowest BCUT2D eigenvalue weighted by Gasteiger charge is -2.17. The summed E-state index contributed by atoms with van der Waals surface area (Å²) < 4.78 is 1.63. The molecule has 6 heteroatoms. The summed E-state index contributed by atoms with van der Waals surface area (Å²) >= 11 is 0. The van der Waals surface area contributed by atoms with Crippen LogP contribution in [0.3, 0.4) is 0 Å². The number of hydrogen-bond acceptors (Lipinski definition) is 4. The lowest BCUT2D eigenvalue weighted by Crippen LogP contribution is -2.24. The second kappa shape index (κ2) is 5.95. The summed E-state index contributed by atoms with van der Waals surface area (Å²) in [4.78, 5) is 18.8. The standard InChI is InChI=1S/C15H19N5O/c1-12(20-10-4-7-17-20)15(21)18-13-5-6-14(16-11-13)19-8-2-3-9-19/h4-7,10-12H,2-3,8-9H2,1H3,(H,18,21). The fourth-order valence-corrected chi connectivity index (χ4v) is 2.47. The Kier molecular flexibility index (Phi) is 3.85. The van der Waals surface area contributed by atoms with Gasteiger partial charge in [0.2, 0.25) is 5.91 Å². The average Bonchev–Trinajstić information content (AvgIpc) is 3.20. The monoisotopic (exact) mass is 285 g/mol. The SMILES string of the molecule is CC(C(=O)Nc1ccc(N2CCCC2)nc1)n1cccn1. The minimum Gasteiger partial charge on any atom is -0.357 e. The van der Waals surface area contributed by atoms with Crippen molar-refractivity contribution in [3.05, 3.63) is 36.8 Å². The molecule has 1 amide bonds. The minimum atomic E-state index is -0.349. The number of nitrogens with zero attached hydrogens (tertiary/aromatic N) is 4. The predicted octanol–water partition coefficient (Wildman–Crippen LogP) is 2.08. The van der Waals surface area contributed by atoms with Gasteiger partial charge in [-0.3, -0.25) is 9.48 Å². The zero-order valence-electron chi connectivity index (χ0n) is 12.1. The molecule has 1 N–H and O–H groups in total. The third kappa shape index (κ3) is 3.04. The van der Waals surface area contributed by atoms with Gasteiger partial charge in [-0.05, 0) is 38.0 Å². The van der Waals surface area contributed by atoms with Crippen LogP contribution in [0.4, 0.5) is 11.5 Å². The van der Waals surface area contributed by atoms with Crippen LogP contribution in [0.1, 0.15) is 25.8 Å². The lowest BCUT2D eigenvalue weighted by molar-refractivity contribution is -0.119. The van der Waals surface area contributed by atoms with Crippen LogP contribution in [0.2, 0.25) is 0 Å². The molecule has 21 heavy (non-hydrogen) atoms. The van der Waals surface area contributed by atoms with Crippen LogP contribution in [-0.2, 0) is 4.79 Å². The van der Waals surface area contributed by atoms with Gasteiger partial charge in [0, 0.05) is 25.5 Å². The van der Waals surface area contributed by atoms with E-state index >= 15 is 0 Å². The second-order valence-electron chi connectivity index (χ2n) is 5.25. The molecule has 1 aliphatic heterocycles. The quantitative estimate of drug-likeness (QED) is 0.934. The number of nitrogens with one attached hydrogen (secondary N) is 1. The molecule has 1 atom stereocenters. The van der Waals surface area contributed by atoms with Gasteiger partial charge in [0.05, 0.1) is 11.9 Å². The van der Waals surface area contributed by atoms with Crippen molar-refractivity contribution in [2.45, 2.75) is 25.8 Å². The van der Waals surface area contributed by atoms with E-state index in [0.29, 0.717) is 5.69 Å². The maximum absolute atomic E-state index is 12.1. The molecule has 0 spiro atoms. The fourth-order valence-electron chi connectivity index (χ4n) is 2.47. The molecule has 3 rings (SSSR count). The van der Waals surface area contributed by atoms with E-state index in [0.717, 1.165) is 18.9 Å².